The van der Waals surface area contributed by atoms with Gasteiger partial charge in [0.05, 0.1) is 23.6 Å². The van der Waals surface area contributed by atoms with Crippen LogP contribution in [0.3, 0.4) is 0 Å². The van der Waals surface area contributed by atoms with Crippen molar-refractivity contribution in [2.75, 3.05) is 11.9 Å². The van der Waals surface area contributed by atoms with Gasteiger partial charge in [-0.05, 0) is 36.8 Å². The van der Waals surface area contributed by atoms with Crippen molar-refractivity contribution in [1.82, 2.24) is 20.1 Å². The van der Waals surface area contributed by atoms with Crippen LogP contribution in [0.2, 0.25) is 0 Å². The van der Waals surface area contributed by atoms with Gasteiger partial charge in [-0.3, -0.25) is 9.59 Å². The van der Waals surface area contributed by atoms with Crippen molar-refractivity contribution in [1.29, 1.82) is 0 Å². The summed E-state index contributed by atoms with van der Waals surface area (Å²) in [5.41, 5.74) is 3.60. The summed E-state index contributed by atoms with van der Waals surface area (Å²) in [5.74, 6) is 0.150. The Morgan fingerprint density at radius 3 is 2.94 bits per heavy atom. The number of nitrogens with zero attached hydrogens (tertiary/aromatic N) is 3. The zero-order chi connectivity index (χ0) is 22.1. The van der Waals surface area contributed by atoms with Crippen LogP contribution in [0.5, 0.6) is 5.75 Å². The van der Waals surface area contributed by atoms with Crippen LogP contribution >= 0.6 is 11.3 Å². The highest BCUT2D eigenvalue weighted by Crippen LogP contribution is 2.31. The molecule has 9 heteroatoms. The molecule has 0 aliphatic carbocycles. The number of anilines is 1. The molecule has 4 aromatic rings. The molecule has 5 rings (SSSR count). The maximum Gasteiger partial charge on any atom is 0.271 e. The van der Waals surface area contributed by atoms with E-state index in [4.69, 9.17) is 4.74 Å². The van der Waals surface area contributed by atoms with E-state index in [1.165, 1.54) is 11.3 Å². The van der Waals surface area contributed by atoms with Crippen molar-refractivity contribution in [2.45, 2.75) is 13.0 Å². The van der Waals surface area contributed by atoms with E-state index < -0.39 is 0 Å². The number of fused-ring (bicyclic) bond motifs is 1. The molecule has 1 atom stereocenters. The molecule has 2 amide bonds. The number of nitrogens with one attached hydrogen (secondary N) is 2. The molecule has 2 aromatic heterocycles. The number of hydrogen-bond donors (Lipinski definition) is 2. The van der Waals surface area contributed by atoms with Crippen LogP contribution in [-0.2, 0) is 4.79 Å². The van der Waals surface area contributed by atoms with Crippen molar-refractivity contribution < 1.29 is 14.3 Å². The minimum absolute atomic E-state index is 0.00897. The third-order valence-electron chi connectivity index (χ3n) is 5.07. The van der Waals surface area contributed by atoms with Gasteiger partial charge in [-0.2, -0.15) is 5.10 Å². The molecule has 1 aliphatic rings. The van der Waals surface area contributed by atoms with Crippen LogP contribution in [-0.4, -0.2) is 33.2 Å². The quantitative estimate of drug-likeness (QED) is 0.487. The normalized spacial score (nSPS) is 13.6. The number of ether oxygens (including phenoxy) is 1. The predicted molar refractivity (Wildman–Crippen MR) is 121 cm³/mol. The maximum absolute atomic E-state index is 12.8. The Bertz CT molecular complexity index is 1300. The van der Waals surface area contributed by atoms with Gasteiger partial charge in [0.2, 0.25) is 0 Å². The monoisotopic (exact) mass is 445 g/mol. The predicted octanol–water partition coefficient (Wildman–Crippen LogP) is 3.82. The fraction of sp³-hybridized carbons (Fsp3) is 0.130. The Balaban J connectivity index is 1.29. The Hall–Kier alpha value is -3.98. The van der Waals surface area contributed by atoms with Gasteiger partial charge in [0.25, 0.3) is 11.8 Å². The summed E-state index contributed by atoms with van der Waals surface area (Å²) in [6.07, 6.45) is 3.63. The number of carbonyl (C=O) groups is 2. The summed E-state index contributed by atoms with van der Waals surface area (Å²) in [4.78, 5) is 28.8. The second kappa shape index (κ2) is 8.27. The lowest BCUT2D eigenvalue weighted by Crippen LogP contribution is -2.28. The molecule has 0 spiro atoms. The molecule has 8 nitrogen and oxygen atoms in total. The van der Waals surface area contributed by atoms with Crippen LogP contribution in [0.15, 0.2) is 66.3 Å². The highest BCUT2D eigenvalue weighted by Gasteiger charge is 2.20. The van der Waals surface area contributed by atoms with Crippen molar-refractivity contribution in [3.05, 3.63) is 77.6 Å². The average molecular weight is 446 g/mol. The van der Waals surface area contributed by atoms with Gasteiger partial charge in [-0.25, -0.2) is 9.67 Å². The van der Waals surface area contributed by atoms with Crippen LogP contribution in [0.1, 0.15) is 29.0 Å². The number of carbonyl (C=O) groups excluding carboxylic acids is 2. The van der Waals surface area contributed by atoms with Gasteiger partial charge < -0.3 is 15.4 Å². The van der Waals surface area contributed by atoms with Crippen LogP contribution in [0.4, 0.5) is 5.69 Å². The van der Waals surface area contributed by atoms with Gasteiger partial charge in [-0.1, -0.05) is 24.3 Å². The smallest absolute Gasteiger partial charge is 0.271 e. The zero-order valence-corrected chi connectivity index (χ0v) is 17.9. The molecule has 2 aromatic carbocycles. The number of hydrogen-bond acceptors (Lipinski definition) is 6. The molecular weight excluding hydrogens is 426 g/mol. The number of aromatic nitrogens is 3. The van der Waals surface area contributed by atoms with Gasteiger partial charge in [0, 0.05) is 17.1 Å². The lowest BCUT2D eigenvalue weighted by molar-refractivity contribution is -0.118. The molecule has 0 bridgehead atoms. The number of benzene rings is 2. The van der Waals surface area contributed by atoms with E-state index >= 15 is 0 Å². The van der Waals surface area contributed by atoms with Gasteiger partial charge in [-0.15, -0.1) is 11.3 Å². The summed E-state index contributed by atoms with van der Waals surface area (Å²) in [5, 5.41) is 12.6. The maximum atomic E-state index is 12.8. The van der Waals surface area contributed by atoms with Crippen molar-refractivity contribution in [3.8, 4) is 22.0 Å². The molecule has 1 unspecified atom stereocenters. The first kappa shape index (κ1) is 20.0. The topological polar surface area (TPSA) is 98.1 Å². The third kappa shape index (κ3) is 3.97. The fourth-order valence-corrected chi connectivity index (χ4v) is 4.17. The largest absolute Gasteiger partial charge is 0.482 e. The van der Waals surface area contributed by atoms with Crippen LogP contribution in [0, 0.1) is 0 Å². The molecule has 2 N–H and O–H groups in total. The van der Waals surface area contributed by atoms with Crippen molar-refractivity contribution in [2.24, 2.45) is 0 Å². The molecule has 0 saturated heterocycles. The minimum Gasteiger partial charge on any atom is -0.482 e. The SMILES string of the molecule is CC(NC(=O)c1csc(-c2cnn(-c3ccccc3)c2)n1)c1ccc2c(c1)NC(=O)CO2. The summed E-state index contributed by atoms with van der Waals surface area (Å²) < 4.78 is 7.16. The molecule has 0 saturated carbocycles. The van der Waals surface area contributed by atoms with Crippen LogP contribution < -0.4 is 15.4 Å². The highest BCUT2D eigenvalue weighted by atomic mass is 32.1. The Morgan fingerprint density at radius 2 is 2.09 bits per heavy atom. The van der Waals surface area contributed by atoms with Crippen molar-refractivity contribution in [3.63, 3.8) is 0 Å². The summed E-state index contributed by atoms with van der Waals surface area (Å²) in [6.45, 7) is 1.89. The molecule has 0 fully saturated rings. The Labute approximate surface area is 187 Å². The van der Waals surface area contributed by atoms with E-state index in [1.807, 2.05) is 55.6 Å². The van der Waals surface area contributed by atoms with E-state index in [1.54, 1.807) is 22.3 Å². The lowest BCUT2D eigenvalue weighted by Gasteiger charge is -2.20. The molecule has 0 radical (unpaired) electrons. The average Bonchev–Trinajstić information content (AvgIpc) is 3.49. The van der Waals surface area contributed by atoms with E-state index in [0.717, 1.165) is 21.8 Å². The summed E-state index contributed by atoms with van der Waals surface area (Å²) in [7, 11) is 0. The standard InChI is InChI=1S/C23H19N5O3S/c1-14(15-7-8-20-18(9-15)26-21(29)12-31-20)25-22(30)19-13-32-23(27-19)16-10-24-28(11-16)17-5-3-2-4-6-17/h2-11,13-14H,12H2,1H3,(H,25,30)(H,26,29). The first-order chi connectivity index (χ1) is 15.6. The van der Waals surface area contributed by atoms with Gasteiger partial charge in [0.15, 0.2) is 6.61 Å². The van der Waals surface area contributed by atoms with E-state index in [-0.39, 0.29) is 24.5 Å². The summed E-state index contributed by atoms with van der Waals surface area (Å²) >= 11 is 1.39. The van der Waals surface area contributed by atoms with Crippen LogP contribution in [0.25, 0.3) is 16.3 Å². The molecule has 32 heavy (non-hydrogen) atoms. The Kier molecular flexibility index (Phi) is 5.16. The summed E-state index contributed by atoms with van der Waals surface area (Å²) in [6, 6.07) is 15.0. The highest BCUT2D eigenvalue weighted by molar-refractivity contribution is 7.13. The fourth-order valence-electron chi connectivity index (χ4n) is 3.39. The molecular formula is C23H19N5O3S. The number of thiazole rings is 1. The van der Waals surface area contributed by atoms with E-state index in [2.05, 4.69) is 20.7 Å². The first-order valence-corrected chi connectivity index (χ1v) is 10.9. The van der Waals surface area contributed by atoms with Gasteiger partial charge in [0.1, 0.15) is 16.5 Å². The number of amides is 2. The van der Waals surface area contributed by atoms with E-state index in [0.29, 0.717) is 17.1 Å². The number of para-hydroxylation sites is 1. The zero-order valence-electron chi connectivity index (χ0n) is 17.1. The Morgan fingerprint density at radius 1 is 1.25 bits per heavy atom. The van der Waals surface area contributed by atoms with Crippen molar-refractivity contribution >= 4 is 28.8 Å². The minimum atomic E-state index is -0.280. The van der Waals surface area contributed by atoms with Gasteiger partial charge >= 0.3 is 0 Å². The molecule has 1 aliphatic heterocycles. The molecule has 160 valence electrons. The second-order valence-electron chi connectivity index (χ2n) is 7.33. The van der Waals surface area contributed by atoms with E-state index in [9.17, 15) is 9.59 Å². The lowest BCUT2D eigenvalue weighted by atomic mass is 10.1. The number of rotatable bonds is 5. The first-order valence-electron chi connectivity index (χ1n) is 10.0. The second-order valence-corrected chi connectivity index (χ2v) is 8.19. The molecule has 3 heterocycles. The third-order valence-corrected chi connectivity index (χ3v) is 5.96.